The van der Waals surface area contributed by atoms with Gasteiger partial charge in [-0.25, -0.2) is 4.79 Å². The number of hydrogen-bond acceptors (Lipinski definition) is 3. The number of hydrogen-bond donors (Lipinski definition) is 4. The SMILES string of the molecule is Cc1cccc(NC(=O)NCC(=O)NC2CCNCC2)c1.Cl. The molecule has 22 heavy (non-hydrogen) atoms. The number of benzene rings is 1. The van der Waals surface area contributed by atoms with Gasteiger partial charge in [-0.1, -0.05) is 12.1 Å². The van der Waals surface area contributed by atoms with Gasteiger partial charge in [-0.15, -0.1) is 12.4 Å². The molecule has 0 aromatic heterocycles. The topological polar surface area (TPSA) is 82.3 Å². The fraction of sp³-hybridized carbons (Fsp3) is 0.467. The van der Waals surface area contributed by atoms with Crippen LogP contribution in [0, 0.1) is 6.92 Å². The summed E-state index contributed by atoms with van der Waals surface area (Å²) in [5.41, 5.74) is 1.78. The lowest BCUT2D eigenvalue weighted by Gasteiger charge is -2.23. The highest BCUT2D eigenvalue weighted by Crippen LogP contribution is 2.08. The third kappa shape index (κ3) is 6.32. The Morgan fingerprint density at radius 2 is 2.00 bits per heavy atom. The Balaban J connectivity index is 0.00000242. The Morgan fingerprint density at radius 3 is 2.68 bits per heavy atom. The highest BCUT2D eigenvalue weighted by atomic mass is 35.5. The average molecular weight is 327 g/mol. The van der Waals surface area contributed by atoms with Crippen LogP contribution in [0.2, 0.25) is 0 Å². The predicted octanol–water partition coefficient (Wildman–Crippen LogP) is 1.41. The number of amides is 3. The average Bonchev–Trinajstić information content (AvgIpc) is 2.46. The van der Waals surface area contributed by atoms with Crippen LogP contribution in [-0.2, 0) is 4.79 Å². The minimum absolute atomic E-state index is 0. The molecule has 1 aliphatic heterocycles. The van der Waals surface area contributed by atoms with Crippen molar-refractivity contribution in [1.29, 1.82) is 0 Å². The molecular weight excluding hydrogens is 304 g/mol. The molecule has 1 heterocycles. The maximum atomic E-state index is 11.7. The first-order chi connectivity index (χ1) is 10.1. The first-order valence-electron chi connectivity index (χ1n) is 7.25. The van der Waals surface area contributed by atoms with E-state index in [1.54, 1.807) is 0 Å². The van der Waals surface area contributed by atoms with Crippen LogP contribution < -0.4 is 21.3 Å². The predicted molar refractivity (Wildman–Crippen MR) is 89.5 cm³/mol. The molecule has 6 nitrogen and oxygen atoms in total. The molecule has 1 aromatic carbocycles. The molecule has 1 aliphatic rings. The number of piperidine rings is 1. The van der Waals surface area contributed by atoms with Crippen molar-refractivity contribution >= 4 is 30.0 Å². The van der Waals surface area contributed by atoms with Gasteiger partial charge in [-0.05, 0) is 50.6 Å². The molecule has 2 rings (SSSR count). The maximum absolute atomic E-state index is 11.7. The summed E-state index contributed by atoms with van der Waals surface area (Å²) in [5, 5.41) is 11.4. The van der Waals surface area contributed by atoms with Gasteiger partial charge in [-0.3, -0.25) is 4.79 Å². The van der Waals surface area contributed by atoms with Crippen LogP contribution in [-0.4, -0.2) is 37.6 Å². The monoisotopic (exact) mass is 326 g/mol. The number of rotatable bonds is 4. The van der Waals surface area contributed by atoms with Crippen molar-refractivity contribution in [1.82, 2.24) is 16.0 Å². The number of carbonyl (C=O) groups excluding carboxylic acids is 2. The lowest BCUT2D eigenvalue weighted by Crippen LogP contribution is -2.46. The summed E-state index contributed by atoms with van der Waals surface area (Å²) in [6, 6.07) is 7.34. The second kappa shape index (κ2) is 9.27. The minimum atomic E-state index is -0.374. The van der Waals surface area contributed by atoms with Gasteiger partial charge in [0.25, 0.3) is 0 Å². The normalized spacial score (nSPS) is 14.6. The van der Waals surface area contributed by atoms with Crippen LogP contribution in [0.3, 0.4) is 0 Å². The molecule has 0 spiro atoms. The lowest BCUT2D eigenvalue weighted by molar-refractivity contribution is -0.120. The van der Waals surface area contributed by atoms with Crippen LogP contribution in [0.4, 0.5) is 10.5 Å². The second-order valence-electron chi connectivity index (χ2n) is 5.27. The van der Waals surface area contributed by atoms with Crippen molar-refractivity contribution in [3.8, 4) is 0 Å². The van der Waals surface area contributed by atoms with E-state index < -0.39 is 0 Å². The number of urea groups is 1. The molecule has 1 aromatic rings. The molecule has 7 heteroatoms. The molecule has 0 unspecified atom stereocenters. The Kier molecular flexibility index (Phi) is 7.70. The maximum Gasteiger partial charge on any atom is 0.319 e. The highest BCUT2D eigenvalue weighted by molar-refractivity contribution is 5.92. The number of anilines is 1. The highest BCUT2D eigenvalue weighted by Gasteiger charge is 2.15. The van der Waals surface area contributed by atoms with Crippen molar-refractivity contribution in [2.75, 3.05) is 25.0 Å². The van der Waals surface area contributed by atoms with Gasteiger partial charge in [0.1, 0.15) is 0 Å². The van der Waals surface area contributed by atoms with E-state index in [1.165, 1.54) is 0 Å². The fourth-order valence-corrected chi connectivity index (χ4v) is 2.30. The Labute approximate surface area is 136 Å². The zero-order chi connectivity index (χ0) is 15.1. The molecular formula is C15H23ClN4O2. The number of nitrogens with one attached hydrogen (secondary N) is 4. The Morgan fingerprint density at radius 1 is 1.27 bits per heavy atom. The van der Waals surface area contributed by atoms with Gasteiger partial charge in [-0.2, -0.15) is 0 Å². The van der Waals surface area contributed by atoms with E-state index in [2.05, 4.69) is 21.3 Å². The summed E-state index contributed by atoms with van der Waals surface area (Å²) in [5.74, 6) is -0.152. The molecule has 0 bridgehead atoms. The molecule has 0 aliphatic carbocycles. The van der Waals surface area contributed by atoms with Crippen molar-refractivity contribution in [2.24, 2.45) is 0 Å². The van der Waals surface area contributed by atoms with Crippen LogP contribution in [0.5, 0.6) is 0 Å². The van der Waals surface area contributed by atoms with Crippen LogP contribution in [0.25, 0.3) is 0 Å². The molecule has 122 valence electrons. The second-order valence-corrected chi connectivity index (χ2v) is 5.27. The van der Waals surface area contributed by atoms with Crippen molar-refractivity contribution < 1.29 is 9.59 Å². The summed E-state index contributed by atoms with van der Waals surface area (Å²) in [6.45, 7) is 3.79. The van der Waals surface area contributed by atoms with Gasteiger partial charge in [0.05, 0.1) is 6.54 Å². The van der Waals surface area contributed by atoms with E-state index in [4.69, 9.17) is 0 Å². The summed E-state index contributed by atoms with van der Waals surface area (Å²) in [7, 11) is 0. The van der Waals surface area contributed by atoms with E-state index in [9.17, 15) is 9.59 Å². The standard InChI is InChI=1S/C15H22N4O2.ClH/c1-11-3-2-4-13(9-11)19-15(21)17-10-14(20)18-12-5-7-16-8-6-12;/h2-4,9,12,16H,5-8,10H2,1H3,(H,18,20)(H2,17,19,21);1H. The van der Waals surface area contributed by atoms with E-state index >= 15 is 0 Å². The van der Waals surface area contributed by atoms with E-state index in [0.29, 0.717) is 5.69 Å². The first-order valence-corrected chi connectivity index (χ1v) is 7.25. The summed E-state index contributed by atoms with van der Waals surface area (Å²) in [6.07, 6.45) is 1.86. The zero-order valence-electron chi connectivity index (χ0n) is 12.6. The molecule has 0 radical (unpaired) electrons. The van der Waals surface area contributed by atoms with Gasteiger partial charge in [0, 0.05) is 11.7 Å². The number of aryl methyl sites for hydroxylation is 1. The molecule has 1 fully saturated rings. The first kappa shape index (κ1) is 18.3. The van der Waals surface area contributed by atoms with E-state index in [1.807, 2.05) is 31.2 Å². The van der Waals surface area contributed by atoms with E-state index in [-0.39, 0.29) is 36.9 Å². The van der Waals surface area contributed by atoms with Crippen LogP contribution in [0.15, 0.2) is 24.3 Å². The largest absolute Gasteiger partial charge is 0.352 e. The smallest absolute Gasteiger partial charge is 0.319 e. The summed E-state index contributed by atoms with van der Waals surface area (Å²) >= 11 is 0. The quantitative estimate of drug-likeness (QED) is 0.675. The van der Waals surface area contributed by atoms with Gasteiger partial charge in [0.15, 0.2) is 0 Å². The molecule has 1 saturated heterocycles. The van der Waals surface area contributed by atoms with Crippen LogP contribution in [0.1, 0.15) is 18.4 Å². The van der Waals surface area contributed by atoms with E-state index in [0.717, 1.165) is 31.5 Å². The number of halogens is 1. The summed E-state index contributed by atoms with van der Waals surface area (Å²) in [4.78, 5) is 23.5. The van der Waals surface area contributed by atoms with Crippen molar-refractivity contribution in [3.63, 3.8) is 0 Å². The fourth-order valence-electron chi connectivity index (χ4n) is 2.30. The van der Waals surface area contributed by atoms with Gasteiger partial charge >= 0.3 is 6.03 Å². The summed E-state index contributed by atoms with van der Waals surface area (Å²) < 4.78 is 0. The minimum Gasteiger partial charge on any atom is -0.352 e. The Bertz CT molecular complexity index is 504. The Hall–Kier alpha value is -1.79. The lowest BCUT2D eigenvalue weighted by atomic mass is 10.1. The van der Waals surface area contributed by atoms with Gasteiger partial charge < -0.3 is 21.3 Å². The van der Waals surface area contributed by atoms with Crippen molar-refractivity contribution in [3.05, 3.63) is 29.8 Å². The molecule has 0 atom stereocenters. The number of carbonyl (C=O) groups is 2. The molecule has 0 saturated carbocycles. The third-order valence-electron chi connectivity index (χ3n) is 3.39. The van der Waals surface area contributed by atoms with Gasteiger partial charge in [0.2, 0.25) is 5.91 Å². The zero-order valence-corrected chi connectivity index (χ0v) is 13.5. The third-order valence-corrected chi connectivity index (χ3v) is 3.39. The molecule has 4 N–H and O–H groups in total. The molecule has 3 amide bonds. The van der Waals surface area contributed by atoms with Crippen LogP contribution >= 0.6 is 12.4 Å². The van der Waals surface area contributed by atoms with Crippen molar-refractivity contribution in [2.45, 2.75) is 25.8 Å².